The fourth-order valence-corrected chi connectivity index (χ4v) is 1.79. The van der Waals surface area contributed by atoms with Crippen LogP contribution in [0.25, 0.3) is 0 Å². The first-order valence-corrected chi connectivity index (χ1v) is 6.68. The highest BCUT2D eigenvalue weighted by Crippen LogP contribution is 2.29. The number of methoxy groups -OCH3 is 2. The molecule has 3 unspecified atom stereocenters. The molecule has 0 saturated carbocycles. The lowest BCUT2D eigenvalue weighted by molar-refractivity contribution is -0.125. The van der Waals surface area contributed by atoms with Crippen molar-refractivity contribution < 1.29 is 14.3 Å². The molecule has 1 aromatic rings. The summed E-state index contributed by atoms with van der Waals surface area (Å²) in [5, 5.41) is 2.95. The first-order chi connectivity index (χ1) is 9.40. The minimum absolute atomic E-state index is 0. The maximum atomic E-state index is 12.0. The quantitative estimate of drug-likeness (QED) is 0.844. The summed E-state index contributed by atoms with van der Waals surface area (Å²) in [6.45, 7) is 5.57. The Balaban J connectivity index is 0.00000400. The predicted octanol–water partition coefficient (Wildman–Crippen LogP) is 2.29. The largest absolute Gasteiger partial charge is 0.493 e. The number of halogens is 1. The van der Waals surface area contributed by atoms with E-state index in [2.05, 4.69) is 5.32 Å². The first-order valence-electron chi connectivity index (χ1n) is 6.68. The summed E-state index contributed by atoms with van der Waals surface area (Å²) in [4.78, 5) is 12.0. The van der Waals surface area contributed by atoms with E-state index in [1.165, 1.54) is 0 Å². The van der Waals surface area contributed by atoms with Gasteiger partial charge in [0.25, 0.3) is 0 Å². The Morgan fingerprint density at radius 3 is 2.19 bits per heavy atom. The first kappa shape index (κ1) is 19.5. The van der Waals surface area contributed by atoms with Gasteiger partial charge in [-0.3, -0.25) is 4.79 Å². The lowest BCUT2D eigenvalue weighted by atomic mass is 10.0. The number of carbonyl (C=O) groups excluding carboxylic acids is 1. The van der Waals surface area contributed by atoms with Crippen molar-refractivity contribution in [1.29, 1.82) is 0 Å². The molecule has 0 spiro atoms. The predicted molar refractivity (Wildman–Crippen MR) is 86.2 cm³/mol. The van der Waals surface area contributed by atoms with Crippen molar-refractivity contribution >= 4 is 18.3 Å². The van der Waals surface area contributed by atoms with Crippen LogP contribution in [0.3, 0.4) is 0 Å². The number of ether oxygens (including phenoxy) is 2. The summed E-state index contributed by atoms with van der Waals surface area (Å²) < 4.78 is 10.5. The summed E-state index contributed by atoms with van der Waals surface area (Å²) in [6, 6.07) is 5.30. The molecule has 1 amide bonds. The van der Waals surface area contributed by atoms with Crippen molar-refractivity contribution in [2.45, 2.75) is 32.9 Å². The normalized spacial score (nSPS) is 14.4. The lowest BCUT2D eigenvalue weighted by Crippen LogP contribution is -2.39. The molecule has 0 radical (unpaired) electrons. The number of benzene rings is 1. The number of nitrogens with one attached hydrogen (secondary N) is 1. The highest BCUT2D eigenvalue weighted by Gasteiger charge is 2.19. The van der Waals surface area contributed by atoms with E-state index in [1.54, 1.807) is 14.2 Å². The van der Waals surface area contributed by atoms with Crippen molar-refractivity contribution in [1.82, 2.24) is 5.32 Å². The van der Waals surface area contributed by atoms with Crippen LogP contribution in [0.1, 0.15) is 32.4 Å². The molecular weight excluding hydrogens is 292 g/mol. The van der Waals surface area contributed by atoms with Gasteiger partial charge in [-0.2, -0.15) is 0 Å². The molecule has 21 heavy (non-hydrogen) atoms. The Morgan fingerprint density at radius 1 is 1.14 bits per heavy atom. The van der Waals surface area contributed by atoms with Gasteiger partial charge in [0.2, 0.25) is 5.91 Å². The maximum absolute atomic E-state index is 12.0. The SMILES string of the molecule is COc1ccc(C(C)NC(=O)C(C)C(C)N)cc1OC.Cl. The fraction of sp³-hybridized carbons (Fsp3) is 0.533. The van der Waals surface area contributed by atoms with Crippen LogP contribution in [0, 0.1) is 5.92 Å². The van der Waals surface area contributed by atoms with Gasteiger partial charge in [0, 0.05) is 12.0 Å². The average molecular weight is 317 g/mol. The van der Waals surface area contributed by atoms with Crippen molar-refractivity contribution in [2.24, 2.45) is 11.7 Å². The third-order valence-corrected chi connectivity index (χ3v) is 3.47. The molecule has 5 nitrogen and oxygen atoms in total. The van der Waals surface area contributed by atoms with Crippen LogP contribution < -0.4 is 20.5 Å². The molecule has 1 aromatic carbocycles. The van der Waals surface area contributed by atoms with E-state index >= 15 is 0 Å². The van der Waals surface area contributed by atoms with Crippen LogP contribution in [0.2, 0.25) is 0 Å². The number of carbonyl (C=O) groups is 1. The molecule has 3 N–H and O–H groups in total. The second kappa shape index (κ2) is 8.74. The zero-order valence-electron chi connectivity index (χ0n) is 13.2. The molecule has 3 atom stereocenters. The third-order valence-electron chi connectivity index (χ3n) is 3.47. The molecule has 0 aromatic heterocycles. The fourth-order valence-electron chi connectivity index (χ4n) is 1.79. The highest BCUT2D eigenvalue weighted by atomic mass is 35.5. The lowest BCUT2D eigenvalue weighted by Gasteiger charge is -2.20. The molecule has 0 aliphatic rings. The molecule has 0 bridgehead atoms. The molecule has 0 fully saturated rings. The van der Waals surface area contributed by atoms with Crippen LogP contribution in [0.4, 0.5) is 0 Å². The molecular formula is C15H25ClN2O3. The van der Waals surface area contributed by atoms with E-state index in [-0.39, 0.29) is 36.3 Å². The van der Waals surface area contributed by atoms with Crippen LogP contribution in [-0.2, 0) is 4.79 Å². The van der Waals surface area contributed by atoms with Crippen molar-refractivity contribution in [3.05, 3.63) is 23.8 Å². The average Bonchev–Trinajstić information content (AvgIpc) is 2.45. The standard InChI is InChI=1S/C15H24N2O3.ClH/c1-9(10(2)16)15(18)17-11(3)12-6-7-13(19-4)14(8-12)20-5;/h6-11H,16H2,1-5H3,(H,17,18);1H. The van der Waals surface area contributed by atoms with Gasteiger partial charge in [-0.1, -0.05) is 13.0 Å². The van der Waals surface area contributed by atoms with Crippen LogP contribution in [0.15, 0.2) is 18.2 Å². The summed E-state index contributed by atoms with van der Waals surface area (Å²) in [5.41, 5.74) is 6.69. The number of nitrogens with two attached hydrogens (primary N) is 1. The number of hydrogen-bond donors (Lipinski definition) is 2. The third kappa shape index (κ3) is 5.10. The molecule has 1 rings (SSSR count). The molecule has 6 heteroatoms. The minimum atomic E-state index is -0.224. The van der Waals surface area contributed by atoms with E-state index in [1.807, 2.05) is 39.0 Å². The van der Waals surface area contributed by atoms with Gasteiger partial charge in [-0.05, 0) is 31.5 Å². The molecule has 0 aliphatic carbocycles. The summed E-state index contributed by atoms with van der Waals surface area (Å²) in [5.74, 6) is 1.03. The second-order valence-electron chi connectivity index (χ2n) is 4.99. The van der Waals surface area contributed by atoms with E-state index < -0.39 is 0 Å². The summed E-state index contributed by atoms with van der Waals surface area (Å²) >= 11 is 0. The Hall–Kier alpha value is -1.46. The van der Waals surface area contributed by atoms with Gasteiger partial charge >= 0.3 is 0 Å². The highest BCUT2D eigenvalue weighted by molar-refractivity contribution is 5.85. The second-order valence-corrected chi connectivity index (χ2v) is 4.99. The van der Waals surface area contributed by atoms with E-state index in [9.17, 15) is 4.79 Å². The number of hydrogen-bond acceptors (Lipinski definition) is 4. The Kier molecular flexibility index (Phi) is 8.14. The van der Waals surface area contributed by atoms with Crippen molar-refractivity contribution in [2.75, 3.05) is 14.2 Å². The van der Waals surface area contributed by atoms with E-state index in [0.717, 1.165) is 5.56 Å². The Labute approximate surface area is 132 Å². The van der Waals surface area contributed by atoms with Gasteiger partial charge in [0.05, 0.1) is 20.3 Å². The van der Waals surface area contributed by atoms with Crippen LogP contribution in [0.5, 0.6) is 11.5 Å². The molecule has 0 aliphatic heterocycles. The topological polar surface area (TPSA) is 73.6 Å². The van der Waals surface area contributed by atoms with Gasteiger partial charge < -0.3 is 20.5 Å². The Morgan fingerprint density at radius 2 is 1.71 bits per heavy atom. The van der Waals surface area contributed by atoms with Gasteiger partial charge in [0.15, 0.2) is 11.5 Å². The van der Waals surface area contributed by atoms with Crippen LogP contribution in [-0.4, -0.2) is 26.2 Å². The van der Waals surface area contributed by atoms with E-state index in [4.69, 9.17) is 15.2 Å². The van der Waals surface area contributed by atoms with Crippen molar-refractivity contribution in [3.63, 3.8) is 0 Å². The zero-order valence-corrected chi connectivity index (χ0v) is 14.0. The maximum Gasteiger partial charge on any atom is 0.224 e. The van der Waals surface area contributed by atoms with Gasteiger partial charge in [0.1, 0.15) is 0 Å². The molecule has 120 valence electrons. The smallest absolute Gasteiger partial charge is 0.224 e. The van der Waals surface area contributed by atoms with E-state index in [0.29, 0.717) is 11.5 Å². The summed E-state index contributed by atoms with van der Waals surface area (Å²) in [7, 11) is 3.18. The molecule has 0 saturated heterocycles. The van der Waals surface area contributed by atoms with Crippen molar-refractivity contribution in [3.8, 4) is 11.5 Å². The minimum Gasteiger partial charge on any atom is -0.493 e. The monoisotopic (exact) mass is 316 g/mol. The van der Waals surface area contributed by atoms with Gasteiger partial charge in [-0.15, -0.1) is 12.4 Å². The molecule has 0 heterocycles. The summed E-state index contributed by atoms with van der Waals surface area (Å²) in [6.07, 6.45) is 0. The van der Waals surface area contributed by atoms with Gasteiger partial charge in [-0.25, -0.2) is 0 Å². The van der Waals surface area contributed by atoms with Crippen LogP contribution >= 0.6 is 12.4 Å². The Bertz CT molecular complexity index is 466. The number of rotatable bonds is 6. The zero-order chi connectivity index (χ0) is 15.3. The number of amides is 1.